The molecule has 3 aromatic rings. The van der Waals surface area contributed by atoms with Gasteiger partial charge < -0.3 is 10.2 Å². The molecule has 29 heavy (non-hydrogen) atoms. The van der Waals surface area contributed by atoms with Crippen LogP contribution in [0.2, 0.25) is 5.02 Å². The van der Waals surface area contributed by atoms with Gasteiger partial charge in [-0.15, -0.1) is 0 Å². The molecule has 0 radical (unpaired) electrons. The zero-order valence-electron chi connectivity index (χ0n) is 15.4. The van der Waals surface area contributed by atoms with Crippen molar-refractivity contribution < 1.29 is 9.59 Å². The highest BCUT2D eigenvalue weighted by atomic mass is 79.9. The van der Waals surface area contributed by atoms with E-state index < -0.39 is 5.91 Å². The molecule has 150 valence electrons. The Hall–Kier alpha value is -2.72. The second-order valence-corrected chi connectivity index (χ2v) is 7.81. The van der Waals surface area contributed by atoms with E-state index in [-0.39, 0.29) is 18.0 Å². The zero-order valence-corrected chi connectivity index (χ0v) is 17.7. The van der Waals surface area contributed by atoms with Gasteiger partial charge in [0.25, 0.3) is 5.56 Å². The number of halogens is 2. The van der Waals surface area contributed by atoms with Crippen molar-refractivity contribution in [2.75, 3.05) is 16.8 Å². The summed E-state index contributed by atoms with van der Waals surface area (Å²) in [6.45, 7) is 0.390. The molecule has 2 aromatic heterocycles. The van der Waals surface area contributed by atoms with E-state index in [1.165, 1.54) is 15.6 Å². The number of nitrogens with one attached hydrogen (secondary N) is 1. The minimum atomic E-state index is -0.444. The molecule has 1 N–H and O–H groups in total. The summed E-state index contributed by atoms with van der Waals surface area (Å²) in [6, 6.07) is 5.03. The summed E-state index contributed by atoms with van der Waals surface area (Å²) in [7, 11) is 1.68. The molecule has 1 aromatic carbocycles. The molecule has 0 atom stereocenters. The van der Waals surface area contributed by atoms with Crippen molar-refractivity contribution in [2.24, 2.45) is 7.05 Å². The van der Waals surface area contributed by atoms with Gasteiger partial charge in [0.1, 0.15) is 22.9 Å². The maximum absolute atomic E-state index is 12.7. The Bertz CT molecular complexity index is 1200. The molecular formula is C18H16BrClN6O3. The van der Waals surface area contributed by atoms with Gasteiger partial charge in [0.05, 0.1) is 10.7 Å². The van der Waals surface area contributed by atoms with Gasteiger partial charge in [-0.25, -0.2) is 9.67 Å². The third kappa shape index (κ3) is 3.65. The molecule has 0 saturated carbocycles. The number of fused-ring (bicyclic) bond motifs is 1. The third-order valence-corrected chi connectivity index (χ3v) is 5.58. The first-order valence-corrected chi connectivity index (χ1v) is 9.99. The summed E-state index contributed by atoms with van der Waals surface area (Å²) in [5.74, 6) is -0.405. The molecule has 0 spiro atoms. The summed E-state index contributed by atoms with van der Waals surface area (Å²) in [4.78, 5) is 43.0. The molecule has 2 amide bonds. The van der Waals surface area contributed by atoms with Crippen LogP contribution in [0.5, 0.6) is 0 Å². The predicted octanol–water partition coefficient (Wildman–Crippen LogP) is 2.31. The van der Waals surface area contributed by atoms with Crippen molar-refractivity contribution in [3.63, 3.8) is 0 Å². The molecule has 1 aliphatic heterocycles. The maximum Gasteiger partial charge on any atom is 0.266 e. The maximum atomic E-state index is 12.7. The van der Waals surface area contributed by atoms with Crippen molar-refractivity contribution in [1.82, 2.24) is 19.3 Å². The molecule has 9 nitrogen and oxygen atoms in total. The lowest BCUT2D eigenvalue weighted by Crippen LogP contribution is -2.28. The second kappa shape index (κ2) is 7.60. The number of anilines is 2. The van der Waals surface area contributed by atoms with E-state index in [0.717, 1.165) is 6.42 Å². The average molecular weight is 480 g/mol. The third-order valence-electron chi connectivity index (χ3n) is 4.69. The first kappa shape index (κ1) is 19.6. The zero-order chi connectivity index (χ0) is 20.7. The first-order chi connectivity index (χ1) is 13.8. The van der Waals surface area contributed by atoms with Crippen LogP contribution in [0.1, 0.15) is 12.8 Å². The summed E-state index contributed by atoms with van der Waals surface area (Å²) >= 11 is 9.44. The fourth-order valence-corrected chi connectivity index (χ4v) is 4.04. The van der Waals surface area contributed by atoms with Gasteiger partial charge in [-0.2, -0.15) is 5.10 Å². The molecule has 1 fully saturated rings. The summed E-state index contributed by atoms with van der Waals surface area (Å²) in [5.41, 5.74) is 1.09. The standard InChI is InChI=1S/C18H16BrClN6O3/c1-24-17-15(16(19)23-24)18(29)25(9-21-17)8-13(27)22-12-7-10(4-5-11(12)20)26-6-2-3-14(26)28/h4-5,7,9H,2-3,6,8H2,1H3,(H,22,27). The van der Waals surface area contributed by atoms with E-state index in [1.807, 2.05) is 0 Å². The quantitative estimate of drug-likeness (QED) is 0.619. The number of hydrogen-bond donors (Lipinski definition) is 1. The molecule has 3 heterocycles. The molecule has 0 bridgehead atoms. The van der Waals surface area contributed by atoms with E-state index in [2.05, 4.69) is 31.3 Å². The van der Waals surface area contributed by atoms with Gasteiger partial charge in [0.15, 0.2) is 5.65 Å². The van der Waals surface area contributed by atoms with Gasteiger partial charge >= 0.3 is 0 Å². The number of benzene rings is 1. The molecular weight excluding hydrogens is 464 g/mol. The lowest BCUT2D eigenvalue weighted by molar-refractivity contribution is -0.117. The van der Waals surface area contributed by atoms with Crippen LogP contribution in [0.25, 0.3) is 11.0 Å². The predicted molar refractivity (Wildman–Crippen MR) is 112 cm³/mol. The van der Waals surface area contributed by atoms with Crippen LogP contribution < -0.4 is 15.8 Å². The lowest BCUT2D eigenvalue weighted by atomic mass is 10.2. The molecule has 0 unspecified atom stereocenters. The van der Waals surface area contributed by atoms with Crippen LogP contribution in [-0.2, 0) is 23.2 Å². The Kier molecular flexibility index (Phi) is 5.13. The topological polar surface area (TPSA) is 102 Å². The smallest absolute Gasteiger partial charge is 0.266 e. The van der Waals surface area contributed by atoms with E-state index in [0.29, 0.717) is 45.0 Å². The lowest BCUT2D eigenvalue weighted by Gasteiger charge is -2.17. The van der Waals surface area contributed by atoms with Crippen LogP contribution in [0.4, 0.5) is 11.4 Å². The average Bonchev–Trinajstić information content (AvgIpc) is 3.22. The Morgan fingerprint density at radius 2 is 2.14 bits per heavy atom. The van der Waals surface area contributed by atoms with Gasteiger partial charge in [0, 0.05) is 25.7 Å². The van der Waals surface area contributed by atoms with Crippen molar-refractivity contribution in [2.45, 2.75) is 19.4 Å². The van der Waals surface area contributed by atoms with E-state index in [9.17, 15) is 14.4 Å². The summed E-state index contributed by atoms with van der Waals surface area (Å²) in [6.07, 6.45) is 2.61. The Balaban J connectivity index is 1.57. The largest absolute Gasteiger partial charge is 0.323 e. The number of rotatable bonds is 4. The summed E-state index contributed by atoms with van der Waals surface area (Å²) in [5, 5.41) is 7.45. The minimum Gasteiger partial charge on any atom is -0.323 e. The van der Waals surface area contributed by atoms with E-state index >= 15 is 0 Å². The van der Waals surface area contributed by atoms with Crippen molar-refractivity contribution in [3.8, 4) is 0 Å². The van der Waals surface area contributed by atoms with Gasteiger partial charge in [0.2, 0.25) is 11.8 Å². The van der Waals surface area contributed by atoms with Crippen LogP contribution >= 0.6 is 27.5 Å². The van der Waals surface area contributed by atoms with E-state index in [4.69, 9.17) is 11.6 Å². The van der Waals surface area contributed by atoms with Crippen LogP contribution in [0.15, 0.2) is 33.9 Å². The number of aromatic nitrogens is 4. The highest BCUT2D eigenvalue weighted by molar-refractivity contribution is 9.10. The number of aryl methyl sites for hydroxylation is 1. The van der Waals surface area contributed by atoms with Crippen molar-refractivity contribution >= 4 is 61.8 Å². The first-order valence-electron chi connectivity index (χ1n) is 8.82. The normalized spacial score (nSPS) is 14.0. The number of hydrogen-bond acceptors (Lipinski definition) is 5. The SMILES string of the molecule is Cn1nc(Br)c2c(=O)n(CC(=O)Nc3cc(N4CCCC4=O)ccc3Cl)cnc21. The molecule has 0 aliphatic carbocycles. The molecule has 1 saturated heterocycles. The molecule has 4 rings (SSSR count). The second-order valence-electron chi connectivity index (χ2n) is 6.65. The molecule has 11 heteroatoms. The van der Waals surface area contributed by atoms with E-state index in [1.54, 1.807) is 30.1 Å². The Morgan fingerprint density at radius 1 is 1.34 bits per heavy atom. The highest BCUT2D eigenvalue weighted by Crippen LogP contribution is 2.30. The van der Waals surface area contributed by atoms with Gasteiger partial charge in [-0.05, 0) is 40.5 Å². The number of carbonyl (C=O) groups is 2. The Labute approximate surface area is 178 Å². The molecule has 1 aliphatic rings. The fourth-order valence-electron chi connectivity index (χ4n) is 3.29. The van der Waals surface area contributed by atoms with Crippen LogP contribution in [0.3, 0.4) is 0 Å². The van der Waals surface area contributed by atoms with Gasteiger partial charge in [-0.3, -0.25) is 19.0 Å². The Morgan fingerprint density at radius 3 is 2.86 bits per heavy atom. The van der Waals surface area contributed by atoms with Crippen molar-refractivity contribution in [3.05, 3.63) is 44.5 Å². The monoisotopic (exact) mass is 478 g/mol. The van der Waals surface area contributed by atoms with Gasteiger partial charge in [-0.1, -0.05) is 11.6 Å². The number of amides is 2. The summed E-state index contributed by atoms with van der Waals surface area (Å²) < 4.78 is 3.05. The number of nitrogens with zero attached hydrogens (tertiary/aromatic N) is 5. The number of carbonyl (C=O) groups excluding carboxylic acids is 2. The fraction of sp³-hybridized carbons (Fsp3) is 0.278. The minimum absolute atomic E-state index is 0.0394. The van der Waals surface area contributed by atoms with Crippen molar-refractivity contribution in [1.29, 1.82) is 0 Å². The highest BCUT2D eigenvalue weighted by Gasteiger charge is 2.22. The van der Waals surface area contributed by atoms with Crippen LogP contribution in [0, 0.1) is 0 Å². The van der Waals surface area contributed by atoms with Crippen LogP contribution in [-0.4, -0.2) is 37.7 Å².